The Bertz CT molecular complexity index is 1390. The van der Waals surface area contributed by atoms with E-state index in [1.807, 2.05) is 24.3 Å². The van der Waals surface area contributed by atoms with Crippen LogP contribution in [0.2, 0.25) is 0 Å². The Hall–Kier alpha value is -4.15. The number of carbonyl (C=O) groups excluding carboxylic acids is 3. The SMILES string of the molecule is C=CC1CC1(NC(=O)[C@@H]1C[C@@H](Oc2ccnc3ccccc23)CN1C(=O)[C@@H](NC(=O)OC(C)(C)C)C(C)(C)C)C(=O)O. The minimum absolute atomic E-state index is 0.0428. The van der Waals surface area contributed by atoms with Crippen LogP contribution in [0.5, 0.6) is 5.75 Å². The summed E-state index contributed by atoms with van der Waals surface area (Å²) in [6.07, 6.45) is 2.11. The topological polar surface area (TPSA) is 147 Å². The molecule has 5 atom stereocenters. The summed E-state index contributed by atoms with van der Waals surface area (Å²) in [5.41, 5.74) is -2.26. The average Bonchev–Trinajstić information content (AvgIpc) is 3.45. The van der Waals surface area contributed by atoms with E-state index in [0.29, 0.717) is 5.75 Å². The highest BCUT2D eigenvalue weighted by atomic mass is 16.6. The number of amides is 3. The van der Waals surface area contributed by atoms with Crippen LogP contribution < -0.4 is 15.4 Å². The Balaban J connectivity index is 1.64. The summed E-state index contributed by atoms with van der Waals surface area (Å²) in [5.74, 6) is -2.14. The van der Waals surface area contributed by atoms with Crippen LogP contribution in [0.4, 0.5) is 4.79 Å². The third kappa shape index (κ3) is 6.50. The van der Waals surface area contributed by atoms with Crippen LogP contribution in [0, 0.1) is 11.3 Å². The molecule has 2 fully saturated rings. The highest BCUT2D eigenvalue weighted by Gasteiger charge is 2.61. The summed E-state index contributed by atoms with van der Waals surface area (Å²) in [4.78, 5) is 58.4. The van der Waals surface area contributed by atoms with Crippen molar-refractivity contribution in [2.24, 2.45) is 11.3 Å². The van der Waals surface area contributed by atoms with Crippen molar-refractivity contribution >= 4 is 34.8 Å². The Morgan fingerprint density at radius 1 is 1.14 bits per heavy atom. The molecule has 1 aliphatic heterocycles. The Morgan fingerprint density at radius 3 is 2.43 bits per heavy atom. The second-order valence-electron chi connectivity index (χ2n) is 13.1. The van der Waals surface area contributed by atoms with Crippen molar-refractivity contribution in [3.63, 3.8) is 0 Å². The number of aromatic nitrogens is 1. The summed E-state index contributed by atoms with van der Waals surface area (Å²) in [5, 5.41) is 16.0. The molecule has 3 N–H and O–H groups in total. The van der Waals surface area contributed by atoms with E-state index in [4.69, 9.17) is 9.47 Å². The zero-order valence-corrected chi connectivity index (χ0v) is 25.0. The third-order valence-corrected chi connectivity index (χ3v) is 7.55. The number of ether oxygens (including phenoxy) is 2. The van der Waals surface area contributed by atoms with Crippen LogP contribution in [0.15, 0.2) is 49.2 Å². The van der Waals surface area contributed by atoms with Crippen molar-refractivity contribution in [1.82, 2.24) is 20.5 Å². The first-order valence-corrected chi connectivity index (χ1v) is 14.0. The van der Waals surface area contributed by atoms with E-state index < -0.39 is 64.5 Å². The molecule has 11 nitrogen and oxygen atoms in total. The van der Waals surface area contributed by atoms with Gasteiger partial charge in [-0.1, -0.05) is 39.0 Å². The predicted molar refractivity (Wildman–Crippen MR) is 156 cm³/mol. The number of carboxylic acid groups (broad SMARTS) is 1. The minimum Gasteiger partial charge on any atom is -0.488 e. The van der Waals surface area contributed by atoms with Crippen LogP contribution in [0.1, 0.15) is 54.4 Å². The van der Waals surface area contributed by atoms with Crippen LogP contribution in [-0.2, 0) is 19.1 Å². The number of benzene rings is 1. The minimum atomic E-state index is -1.47. The average molecular weight is 581 g/mol. The molecule has 0 bridgehead atoms. The lowest BCUT2D eigenvalue weighted by atomic mass is 9.85. The molecule has 1 saturated carbocycles. The van der Waals surface area contributed by atoms with Gasteiger partial charge in [0, 0.05) is 23.9 Å². The predicted octanol–water partition coefficient (Wildman–Crippen LogP) is 3.67. The number of likely N-dealkylation sites (tertiary alicyclic amines) is 1. The van der Waals surface area contributed by atoms with Crippen molar-refractivity contribution in [1.29, 1.82) is 0 Å². The molecule has 226 valence electrons. The molecule has 42 heavy (non-hydrogen) atoms. The number of nitrogens with one attached hydrogen (secondary N) is 2. The van der Waals surface area contributed by atoms with Gasteiger partial charge >= 0.3 is 12.1 Å². The van der Waals surface area contributed by atoms with Crippen LogP contribution in [0.3, 0.4) is 0 Å². The van der Waals surface area contributed by atoms with Crippen molar-refractivity contribution in [3.05, 3.63) is 49.2 Å². The smallest absolute Gasteiger partial charge is 0.408 e. The Kier molecular flexibility index (Phi) is 8.26. The summed E-state index contributed by atoms with van der Waals surface area (Å²) in [6.45, 7) is 14.3. The third-order valence-electron chi connectivity index (χ3n) is 7.55. The monoisotopic (exact) mass is 580 g/mol. The molecule has 2 aliphatic rings. The largest absolute Gasteiger partial charge is 0.488 e. The first-order chi connectivity index (χ1) is 19.6. The number of fused-ring (bicyclic) bond motifs is 1. The maximum atomic E-state index is 14.1. The van der Waals surface area contributed by atoms with Crippen LogP contribution in [-0.4, -0.2) is 74.7 Å². The van der Waals surface area contributed by atoms with E-state index in [9.17, 15) is 24.3 Å². The number of para-hydroxylation sites is 1. The van der Waals surface area contributed by atoms with Crippen LogP contribution >= 0.6 is 0 Å². The molecule has 1 aromatic heterocycles. The van der Waals surface area contributed by atoms with Gasteiger partial charge in [-0.2, -0.15) is 0 Å². The Labute approximate surface area is 245 Å². The number of alkyl carbamates (subject to hydrolysis) is 1. The number of pyridine rings is 1. The lowest BCUT2D eigenvalue weighted by molar-refractivity contribution is -0.146. The molecule has 3 amide bonds. The molecule has 2 heterocycles. The van der Waals surface area contributed by atoms with Gasteiger partial charge < -0.3 is 30.1 Å². The lowest BCUT2D eigenvalue weighted by Gasteiger charge is -2.35. The van der Waals surface area contributed by atoms with Gasteiger partial charge in [0.2, 0.25) is 11.8 Å². The van der Waals surface area contributed by atoms with Crippen molar-refractivity contribution in [2.45, 2.75) is 83.7 Å². The molecular weight excluding hydrogens is 540 g/mol. The number of rotatable bonds is 8. The van der Waals surface area contributed by atoms with Crippen LogP contribution in [0.25, 0.3) is 10.9 Å². The van der Waals surface area contributed by atoms with E-state index in [-0.39, 0.29) is 19.4 Å². The fourth-order valence-electron chi connectivity index (χ4n) is 5.29. The van der Waals surface area contributed by atoms with Gasteiger partial charge in [-0.15, -0.1) is 6.58 Å². The zero-order chi connectivity index (χ0) is 31.0. The highest BCUT2D eigenvalue weighted by Crippen LogP contribution is 2.45. The van der Waals surface area contributed by atoms with Crippen molar-refractivity contribution in [2.75, 3.05) is 6.54 Å². The maximum absolute atomic E-state index is 14.1. The van der Waals surface area contributed by atoms with Crippen molar-refractivity contribution < 1.29 is 33.8 Å². The molecule has 2 unspecified atom stereocenters. The lowest BCUT2D eigenvalue weighted by Crippen LogP contribution is -2.59. The molecule has 1 saturated heterocycles. The molecule has 1 aromatic carbocycles. The molecular formula is C31H40N4O7. The number of hydrogen-bond donors (Lipinski definition) is 3. The molecule has 0 radical (unpaired) electrons. The van der Waals surface area contributed by atoms with E-state index in [1.54, 1.807) is 53.8 Å². The van der Waals surface area contributed by atoms with E-state index >= 15 is 0 Å². The summed E-state index contributed by atoms with van der Waals surface area (Å²) in [7, 11) is 0. The first kappa shape index (κ1) is 30.8. The molecule has 11 heteroatoms. The number of carbonyl (C=O) groups is 4. The second-order valence-corrected chi connectivity index (χ2v) is 13.1. The molecule has 2 aromatic rings. The Morgan fingerprint density at radius 2 is 1.83 bits per heavy atom. The maximum Gasteiger partial charge on any atom is 0.408 e. The van der Waals surface area contributed by atoms with Gasteiger partial charge in [0.1, 0.15) is 35.1 Å². The van der Waals surface area contributed by atoms with Gasteiger partial charge in [0.15, 0.2) is 0 Å². The zero-order valence-electron chi connectivity index (χ0n) is 25.0. The first-order valence-electron chi connectivity index (χ1n) is 14.0. The van der Waals surface area contributed by atoms with Crippen molar-refractivity contribution in [3.8, 4) is 5.75 Å². The number of carboxylic acids is 1. The normalized spacial score (nSPS) is 24.4. The fourth-order valence-corrected chi connectivity index (χ4v) is 5.29. The summed E-state index contributed by atoms with van der Waals surface area (Å²) < 4.78 is 11.7. The van der Waals surface area contributed by atoms with Gasteiger partial charge in [-0.05, 0) is 50.8 Å². The van der Waals surface area contributed by atoms with E-state index in [1.165, 1.54) is 11.0 Å². The van der Waals surface area contributed by atoms with Gasteiger partial charge in [0.25, 0.3) is 0 Å². The van der Waals surface area contributed by atoms with Gasteiger partial charge in [-0.3, -0.25) is 14.6 Å². The number of aliphatic carboxylic acids is 1. The fraction of sp³-hybridized carbons (Fsp3) is 0.516. The highest BCUT2D eigenvalue weighted by molar-refractivity contribution is 5.96. The summed E-state index contributed by atoms with van der Waals surface area (Å²) >= 11 is 0. The second kappa shape index (κ2) is 11.3. The molecule has 0 spiro atoms. The standard InChI is InChI=1S/C31H40N4O7/c1-8-18-16-31(18,27(38)39)34-25(36)22-15-19(41-23-13-14-32-21-12-10-9-11-20(21)23)17-35(22)26(37)24(29(2,3)4)33-28(40)42-30(5,6)7/h8-14,18-19,22,24H,1,15-17H2,2-7H3,(H,33,40)(H,34,36)(H,38,39)/t18?,19-,22+,24-,31?/m1/s1. The quantitative estimate of drug-likeness (QED) is 0.401. The molecule has 1 aliphatic carbocycles. The van der Waals surface area contributed by atoms with E-state index in [2.05, 4.69) is 22.2 Å². The van der Waals surface area contributed by atoms with Gasteiger partial charge in [-0.25, -0.2) is 9.59 Å². The molecule has 4 rings (SSSR count). The number of nitrogens with zero attached hydrogens (tertiary/aromatic N) is 2. The summed E-state index contributed by atoms with van der Waals surface area (Å²) in [6, 6.07) is 7.11. The van der Waals surface area contributed by atoms with E-state index in [0.717, 1.165) is 10.9 Å². The number of hydrogen-bond acceptors (Lipinski definition) is 7. The van der Waals surface area contributed by atoms with Gasteiger partial charge in [0.05, 0.1) is 12.1 Å².